The molecule has 122 valence electrons. The van der Waals surface area contributed by atoms with E-state index in [2.05, 4.69) is 25.8 Å². The molecule has 0 bridgehead atoms. The third-order valence-electron chi connectivity index (χ3n) is 3.27. The first-order chi connectivity index (χ1) is 11.6. The number of pyridine rings is 1. The number of amides is 1. The maximum Gasteiger partial charge on any atom is 0.266 e. The van der Waals surface area contributed by atoms with Gasteiger partial charge in [0.05, 0.1) is 5.69 Å². The van der Waals surface area contributed by atoms with Crippen molar-refractivity contribution in [2.45, 2.75) is 20.0 Å². The van der Waals surface area contributed by atoms with Gasteiger partial charge in [0.2, 0.25) is 0 Å². The smallest absolute Gasteiger partial charge is 0.266 e. The molecular weight excluding hydrogens is 308 g/mol. The summed E-state index contributed by atoms with van der Waals surface area (Å²) >= 11 is 0. The van der Waals surface area contributed by atoms with E-state index < -0.39 is 6.10 Å². The maximum atomic E-state index is 12.2. The minimum absolute atomic E-state index is 0.266. The summed E-state index contributed by atoms with van der Waals surface area (Å²) in [6.45, 7) is 3.54. The van der Waals surface area contributed by atoms with E-state index in [0.717, 1.165) is 11.4 Å². The number of ether oxygens (including phenoxy) is 1. The van der Waals surface area contributed by atoms with Crippen molar-refractivity contribution < 1.29 is 9.53 Å². The van der Waals surface area contributed by atoms with Crippen LogP contribution in [0.1, 0.15) is 12.6 Å². The number of rotatable bonds is 5. The van der Waals surface area contributed by atoms with Crippen molar-refractivity contribution in [2.75, 3.05) is 5.32 Å². The van der Waals surface area contributed by atoms with Crippen LogP contribution in [-0.2, 0) is 4.79 Å². The van der Waals surface area contributed by atoms with Crippen molar-refractivity contribution in [1.29, 1.82) is 0 Å². The van der Waals surface area contributed by atoms with E-state index in [1.165, 1.54) is 11.0 Å². The zero-order valence-electron chi connectivity index (χ0n) is 13.2. The predicted molar refractivity (Wildman–Crippen MR) is 86.8 cm³/mol. The molecule has 0 spiro atoms. The molecule has 0 aliphatic carbocycles. The number of benzene rings is 1. The van der Waals surface area contributed by atoms with Crippen LogP contribution in [0.2, 0.25) is 0 Å². The molecule has 2 heterocycles. The Bertz CT molecular complexity index is 817. The van der Waals surface area contributed by atoms with Crippen molar-refractivity contribution in [3.63, 3.8) is 0 Å². The van der Waals surface area contributed by atoms with Gasteiger partial charge < -0.3 is 10.1 Å². The first-order valence-corrected chi connectivity index (χ1v) is 7.36. The Labute approximate surface area is 138 Å². The zero-order chi connectivity index (χ0) is 16.9. The Hall–Kier alpha value is -3.29. The highest BCUT2D eigenvalue weighted by molar-refractivity contribution is 5.93. The number of nitrogens with zero attached hydrogens (tertiary/aromatic N) is 5. The molecule has 1 atom stereocenters. The Morgan fingerprint density at radius 1 is 1.21 bits per heavy atom. The van der Waals surface area contributed by atoms with Gasteiger partial charge in [0, 0.05) is 5.69 Å². The molecule has 0 aliphatic rings. The Balaban J connectivity index is 1.61. The standard InChI is InChI=1S/C16H16N6O2/c1-11-4-3-5-15(18-11)19-16(23)12(2)24-14-8-6-13(7-9-14)22-10-17-20-21-22/h3-10,12H,1-2H3,(H,18,19,23). The second-order valence-corrected chi connectivity index (χ2v) is 5.16. The Kier molecular flexibility index (Phi) is 4.46. The lowest BCUT2D eigenvalue weighted by atomic mass is 10.3. The lowest BCUT2D eigenvalue weighted by Crippen LogP contribution is -2.30. The molecule has 1 amide bonds. The highest BCUT2D eigenvalue weighted by Gasteiger charge is 2.15. The van der Waals surface area contributed by atoms with Crippen LogP contribution in [0, 0.1) is 6.92 Å². The van der Waals surface area contributed by atoms with Gasteiger partial charge in [0.25, 0.3) is 5.91 Å². The molecule has 0 aliphatic heterocycles. The molecule has 0 fully saturated rings. The zero-order valence-corrected chi connectivity index (χ0v) is 13.2. The summed E-state index contributed by atoms with van der Waals surface area (Å²) in [4.78, 5) is 16.4. The van der Waals surface area contributed by atoms with E-state index in [1.807, 2.05) is 19.1 Å². The monoisotopic (exact) mass is 324 g/mol. The van der Waals surface area contributed by atoms with Crippen LogP contribution in [0.5, 0.6) is 5.75 Å². The van der Waals surface area contributed by atoms with Crippen LogP contribution in [0.4, 0.5) is 5.82 Å². The molecule has 1 unspecified atom stereocenters. The highest BCUT2D eigenvalue weighted by Crippen LogP contribution is 2.16. The molecule has 1 N–H and O–H groups in total. The lowest BCUT2D eigenvalue weighted by Gasteiger charge is -2.14. The largest absolute Gasteiger partial charge is 0.481 e. The Morgan fingerprint density at radius 3 is 2.67 bits per heavy atom. The van der Waals surface area contributed by atoms with Gasteiger partial charge in [-0.2, -0.15) is 0 Å². The van der Waals surface area contributed by atoms with Crippen molar-refractivity contribution in [2.24, 2.45) is 0 Å². The fourth-order valence-electron chi connectivity index (χ4n) is 2.06. The SMILES string of the molecule is Cc1cccc(NC(=O)C(C)Oc2ccc(-n3cnnn3)cc2)n1. The molecule has 0 saturated heterocycles. The minimum Gasteiger partial charge on any atom is -0.481 e. The third-order valence-corrected chi connectivity index (χ3v) is 3.27. The molecule has 0 saturated carbocycles. The molecular formula is C16H16N6O2. The molecule has 3 aromatic rings. The van der Waals surface area contributed by atoms with Crippen LogP contribution in [0.15, 0.2) is 48.8 Å². The van der Waals surface area contributed by atoms with Gasteiger partial charge in [0.15, 0.2) is 6.10 Å². The van der Waals surface area contributed by atoms with Gasteiger partial charge >= 0.3 is 0 Å². The normalized spacial score (nSPS) is 11.8. The number of carbonyl (C=O) groups is 1. The van der Waals surface area contributed by atoms with Crippen LogP contribution in [0.3, 0.4) is 0 Å². The van der Waals surface area contributed by atoms with Gasteiger partial charge in [-0.1, -0.05) is 6.07 Å². The summed E-state index contributed by atoms with van der Waals surface area (Å²) in [5.41, 5.74) is 1.63. The van der Waals surface area contributed by atoms with Gasteiger partial charge in [-0.25, -0.2) is 9.67 Å². The fraction of sp³-hybridized carbons (Fsp3) is 0.188. The summed E-state index contributed by atoms with van der Waals surface area (Å²) in [6, 6.07) is 12.6. The lowest BCUT2D eigenvalue weighted by molar-refractivity contribution is -0.122. The molecule has 8 heteroatoms. The quantitative estimate of drug-likeness (QED) is 0.768. The van der Waals surface area contributed by atoms with Crippen molar-refractivity contribution in [3.05, 3.63) is 54.5 Å². The first kappa shape index (κ1) is 15.6. The van der Waals surface area contributed by atoms with E-state index in [-0.39, 0.29) is 5.91 Å². The number of hydrogen-bond acceptors (Lipinski definition) is 6. The molecule has 3 rings (SSSR count). The maximum absolute atomic E-state index is 12.2. The van der Waals surface area contributed by atoms with Crippen molar-refractivity contribution >= 4 is 11.7 Å². The number of nitrogens with one attached hydrogen (secondary N) is 1. The second-order valence-electron chi connectivity index (χ2n) is 5.16. The number of tetrazole rings is 1. The number of aryl methyl sites for hydroxylation is 1. The summed E-state index contributed by atoms with van der Waals surface area (Å²) in [5.74, 6) is 0.814. The Morgan fingerprint density at radius 2 is 2.00 bits per heavy atom. The number of hydrogen-bond donors (Lipinski definition) is 1. The van der Waals surface area contributed by atoms with Crippen LogP contribution < -0.4 is 10.1 Å². The van der Waals surface area contributed by atoms with E-state index in [1.54, 1.807) is 37.3 Å². The summed E-state index contributed by atoms with van der Waals surface area (Å²) in [6.07, 6.45) is 0.840. The minimum atomic E-state index is -0.661. The van der Waals surface area contributed by atoms with Gasteiger partial charge in [-0.15, -0.1) is 5.10 Å². The topological polar surface area (TPSA) is 94.8 Å². The average Bonchev–Trinajstić information content (AvgIpc) is 3.10. The fourth-order valence-corrected chi connectivity index (χ4v) is 2.06. The van der Waals surface area contributed by atoms with Crippen LogP contribution in [0.25, 0.3) is 5.69 Å². The molecule has 0 radical (unpaired) electrons. The number of aromatic nitrogens is 5. The van der Waals surface area contributed by atoms with E-state index >= 15 is 0 Å². The van der Waals surface area contributed by atoms with E-state index in [4.69, 9.17) is 4.74 Å². The van der Waals surface area contributed by atoms with E-state index in [9.17, 15) is 4.79 Å². The van der Waals surface area contributed by atoms with Gasteiger partial charge in [-0.05, 0) is 60.7 Å². The molecule has 8 nitrogen and oxygen atoms in total. The predicted octanol–water partition coefficient (Wildman–Crippen LogP) is 1.77. The molecule has 24 heavy (non-hydrogen) atoms. The summed E-state index contributed by atoms with van der Waals surface area (Å²) in [5, 5.41) is 13.7. The number of anilines is 1. The molecule has 1 aromatic carbocycles. The second kappa shape index (κ2) is 6.86. The van der Waals surface area contributed by atoms with Crippen LogP contribution >= 0.6 is 0 Å². The average molecular weight is 324 g/mol. The highest BCUT2D eigenvalue weighted by atomic mass is 16.5. The first-order valence-electron chi connectivity index (χ1n) is 7.36. The summed E-state index contributed by atoms with van der Waals surface area (Å²) in [7, 11) is 0. The summed E-state index contributed by atoms with van der Waals surface area (Å²) < 4.78 is 7.18. The van der Waals surface area contributed by atoms with Gasteiger partial charge in [0.1, 0.15) is 17.9 Å². The molecule has 2 aromatic heterocycles. The number of carbonyl (C=O) groups excluding carboxylic acids is 1. The van der Waals surface area contributed by atoms with Gasteiger partial charge in [-0.3, -0.25) is 4.79 Å². The van der Waals surface area contributed by atoms with E-state index in [0.29, 0.717) is 11.6 Å². The van der Waals surface area contributed by atoms with Crippen molar-refractivity contribution in [3.8, 4) is 11.4 Å². The third kappa shape index (κ3) is 3.72. The van der Waals surface area contributed by atoms with Crippen LogP contribution in [-0.4, -0.2) is 37.2 Å². The van der Waals surface area contributed by atoms with Crippen molar-refractivity contribution in [1.82, 2.24) is 25.2 Å².